The number of nitrogens with one attached hydrogen (secondary N) is 3. The molecule has 2 aliphatic rings. The number of rotatable bonds is 11. The second-order valence-corrected chi connectivity index (χ2v) is 28.2. The number of carbonyl (C=O) groups is 2. The number of hydrogen-bond donors (Lipinski definition) is 8. The van der Waals surface area contributed by atoms with Crippen molar-refractivity contribution in [1.82, 2.24) is 65.3 Å². The molecule has 0 aliphatic carbocycles. The molecule has 0 fully saturated rings. The van der Waals surface area contributed by atoms with Crippen molar-refractivity contribution < 1.29 is 78.7 Å². The summed E-state index contributed by atoms with van der Waals surface area (Å²) in [5.41, 5.74) is 11.4. The molecule has 0 spiro atoms. The summed E-state index contributed by atoms with van der Waals surface area (Å²) in [4.78, 5) is 25.7. The van der Waals surface area contributed by atoms with Crippen LogP contribution in [0.1, 0.15) is 108 Å². The number of carbonyl (C=O) groups excluding carboxylic acids is 1. The third-order valence-electron chi connectivity index (χ3n) is 12.0. The molecule has 4 aromatic carbocycles. The maximum atomic E-state index is 14.2. The SMILES string of the molecule is CC(C)(C)NN.CC(C)(C)NNC(=O)c1ccc2c(c1F)B(O)OC2.CCN(C(C)C)C(C)C.CN(C)[P+](Cn1nnc2ccccc21)(N(C)C)N(C)C.Cl.F[P-](F)(F)(F)(F)F.O.O=C(O)c1ccc2c(c1F)B(O)OC2.On1nnc2ccccc21. The molecule has 87 heavy (non-hydrogen) atoms. The van der Waals surface area contributed by atoms with Crippen molar-refractivity contribution >= 4 is 87.0 Å². The number of aromatic nitrogens is 6. The van der Waals surface area contributed by atoms with Gasteiger partial charge in [-0.15, -0.1) is 22.6 Å². The van der Waals surface area contributed by atoms with Crippen molar-refractivity contribution in [2.24, 2.45) is 5.84 Å². The summed E-state index contributed by atoms with van der Waals surface area (Å²) in [5.74, 6) is 1.45. The van der Waals surface area contributed by atoms with Crippen molar-refractivity contribution in [1.29, 1.82) is 0 Å². The molecule has 2 aliphatic heterocycles. The number of carboxylic acid groups (broad SMARTS) is 1. The second kappa shape index (κ2) is 32.9. The fourth-order valence-electron chi connectivity index (χ4n) is 8.05. The smallest absolute Gasteiger partial charge is 0.478 e. The van der Waals surface area contributed by atoms with Gasteiger partial charge >= 0.3 is 53.2 Å². The molecule has 0 saturated heterocycles. The Labute approximate surface area is 509 Å². The van der Waals surface area contributed by atoms with Crippen LogP contribution in [0.25, 0.3) is 22.1 Å². The number of hydrogen-bond acceptors (Lipinski definition) is 18. The molecule has 1 amide bonds. The van der Waals surface area contributed by atoms with Gasteiger partial charge in [-0.2, -0.15) is 14.0 Å². The van der Waals surface area contributed by atoms with E-state index < -0.39 is 58.8 Å². The third kappa shape index (κ3) is 26.7. The van der Waals surface area contributed by atoms with Crippen LogP contribution in [0, 0.1) is 11.6 Å². The average molecular weight is 1310 g/mol. The number of para-hydroxylation sites is 2. The summed E-state index contributed by atoms with van der Waals surface area (Å²) < 4.78 is 105. The maximum absolute atomic E-state index is 14.2. The van der Waals surface area contributed by atoms with Crippen LogP contribution in [0.2, 0.25) is 0 Å². The van der Waals surface area contributed by atoms with Crippen LogP contribution in [0.5, 0.6) is 0 Å². The Hall–Kier alpha value is -5.34. The number of nitrogens with zero attached hydrogens (tertiary/aromatic N) is 10. The number of carboxylic acids is 1. The van der Waals surface area contributed by atoms with Gasteiger partial charge in [-0.25, -0.2) is 23.7 Å². The van der Waals surface area contributed by atoms with Crippen molar-refractivity contribution in [2.75, 3.05) is 48.8 Å². The summed E-state index contributed by atoms with van der Waals surface area (Å²) >= 11 is 0. The largest absolute Gasteiger partial charge is 0.494 e. The van der Waals surface area contributed by atoms with E-state index in [1.807, 2.05) is 76.6 Å². The number of hydrazine groups is 2. The fourth-order valence-corrected chi connectivity index (χ4v) is 11.5. The standard InChI is InChI=1S/C13H24N6P.C12H16BFN2O3.C8H6BFO4.C8H19N.C6H5N3O.C4H12N2.ClH.F6P.H2O/c1-16(2)20(17(3)4,18(5)6)11-19-13-10-8-7-9-12(13)14-15-19;1-12(2,3)16-15-11(17)8-5-4-7-6-19-13(18)9(7)10(8)14;10-7-5(8(11)12)2-1-4-3-14-9(13)6(4)7;1-6-9(7(2)3)8(4)5;10-9-6-4-2-1-3-5(6)7-8-9;1-4(2,3)6-5;;1-7(2,3,4,5)6;/h7-10H,11H2,1-6H3;4-5,16,18H,6H2,1-3H3,(H,15,17);1-2,13H,3H2,(H,11,12);7-8H,6H2,1-5H3;1-4,10H;6H,5H2,1-3H3;1H;;1H2/q+1;;;;;;;-1;. The van der Waals surface area contributed by atoms with Crippen LogP contribution in [0.4, 0.5) is 34.0 Å². The van der Waals surface area contributed by atoms with Gasteiger partial charge in [0.25, 0.3) is 5.91 Å². The van der Waals surface area contributed by atoms with Crippen molar-refractivity contribution in [3.63, 3.8) is 0 Å². The van der Waals surface area contributed by atoms with Crippen LogP contribution in [-0.4, -0.2) is 173 Å². The number of aromatic carboxylic acids is 1. The Morgan fingerprint density at radius 2 is 1.08 bits per heavy atom. The van der Waals surface area contributed by atoms with Crippen LogP contribution in [0.3, 0.4) is 0 Å². The number of nitrogens with two attached hydrogens (primary N) is 1. The average Bonchev–Trinajstić information content (AvgIpc) is 3.26. The quantitative estimate of drug-likeness (QED) is 0.0154. The number of halogens is 9. The number of fused-ring (bicyclic) bond motifs is 4. The van der Waals surface area contributed by atoms with E-state index in [9.17, 15) is 53.6 Å². The minimum absolute atomic E-state index is 0. The third-order valence-corrected chi connectivity index (χ3v) is 16.5. The van der Waals surface area contributed by atoms with Crippen LogP contribution < -0.4 is 33.0 Å². The first-order valence-corrected chi connectivity index (χ1v) is 30.2. The van der Waals surface area contributed by atoms with Crippen LogP contribution in [-0.2, 0) is 28.8 Å². The first kappa shape index (κ1) is 81.7. The first-order valence-electron chi connectivity index (χ1n) is 26.3. The minimum atomic E-state index is -10.7. The molecule has 6 aromatic rings. The van der Waals surface area contributed by atoms with Crippen LogP contribution >= 0.6 is 27.9 Å². The Kier molecular flexibility index (Phi) is 30.9. The zero-order valence-corrected chi connectivity index (χ0v) is 54.5. The Balaban J connectivity index is 0.00000103. The Bertz CT molecular complexity index is 3090. The van der Waals surface area contributed by atoms with E-state index in [2.05, 4.69) is 139 Å². The van der Waals surface area contributed by atoms with Gasteiger partial charge < -0.3 is 35.1 Å². The molecule has 36 heteroatoms. The molecular formula is C51H85B2ClF8N14O9P2. The molecule has 0 bridgehead atoms. The van der Waals surface area contributed by atoms with Gasteiger partial charge in [0.2, 0.25) is 14.0 Å². The van der Waals surface area contributed by atoms with Crippen molar-refractivity contribution in [3.05, 3.63) is 107 Å². The molecule has 0 saturated carbocycles. The molecule has 4 heterocycles. The van der Waals surface area contributed by atoms with E-state index in [1.165, 1.54) is 12.1 Å². The summed E-state index contributed by atoms with van der Waals surface area (Å²) in [7, 11) is -2.18. The van der Waals surface area contributed by atoms with Gasteiger partial charge in [0.15, 0.2) is 0 Å². The van der Waals surface area contributed by atoms with Crippen molar-refractivity contribution in [2.45, 2.75) is 119 Å². The zero-order chi connectivity index (χ0) is 65.4. The number of benzene rings is 4. The monoisotopic (exact) mass is 1310 g/mol. The molecule has 11 N–H and O–H groups in total. The molecule has 0 atom stereocenters. The van der Waals surface area contributed by atoms with Crippen molar-refractivity contribution in [3.8, 4) is 0 Å². The first-order chi connectivity index (χ1) is 38.8. The van der Waals surface area contributed by atoms with E-state index in [0.29, 0.717) is 34.2 Å². The van der Waals surface area contributed by atoms with Gasteiger partial charge in [-0.3, -0.25) is 26.4 Å². The summed E-state index contributed by atoms with van der Waals surface area (Å²) in [5, 5.41) is 52.0. The number of amides is 1. The minimum Gasteiger partial charge on any atom is -0.478 e. The summed E-state index contributed by atoms with van der Waals surface area (Å²) in [6.45, 7) is 24.2. The van der Waals surface area contributed by atoms with E-state index >= 15 is 0 Å². The molecule has 8 rings (SSSR count). The fraction of sp³-hybridized carbons (Fsp3) is 0.490. The van der Waals surface area contributed by atoms with Gasteiger partial charge in [0.1, 0.15) is 28.2 Å². The summed E-state index contributed by atoms with van der Waals surface area (Å²) in [6.07, 6.45) is 0.820. The van der Waals surface area contributed by atoms with E-state index in [1.54, 1.807) is 18.2 Å². The Morgan fingerprint density at radius 3 is 1.44 bits per heavy atom. The molecular weight excluding hydrogens is 1220 g/mol. The van der Waals surface area contributed by atoms with Gasteiger partial charge in [-0.05, 0) is 129 Å². The van der Waals surface area contributed by atoms with Gasteiger partial charge in [-0.1, -0.05) is 53.4 Å². The van der Waals surface area contributed by atoms with E-state index in [0.717, 1.165) is 34.8 Å². The topological polar surface area (TPSA) is 302 Å². The molecule has 23 nitrogen and oxygen atoms in total. The van der Waals surface area contributed by atoms with Gasteiger partial charge in [0.05, 0.1) is 29.9 Å². The Morgan fingerprint density at radius 1 is 0.701 bits per heavy atom. The maximum Gasteiger partial charge on any atom is 0.494 e. The van der Waals surface area contributed by atoms with Crippen LogP contribution in [0.15, 0.2) is 72.8 Å². The molecule has 2 aromatic heterocycles. The molecule has 0 unspecified atom stereocenters. The van der Waals surface area contributed by atoms with E-state index in [4.69, 9.17) is 25.5 Å². The predicted molar refractivity (Wildman–Crippen MR) is 329 cm³/mol. The van der Waals surface area contributed by atoms with Gasteiger partial charge in [0, 0.05) is 76.4 Å². The normalized spacial score (nSPS) is 13.6. The predicted octanol–water partition coefficient (Wildman–Crippen LogP) is 7.68. The zero-order valence-electron chi connectivity index (χ0n) is 51.9. The second-order valence-electron chi connectivity index (χ2n) is 22.3. The van der Waals surface area contributed by atoms with E-state index in [-0.39, 0.29) is 58.7 Å². The molecule has 492 valence electrons. The molecule has 0 radical (unpaired) electrons. The summed E-state index contributed by atoms with van der Waals surface area (Å²) in [6, 6.07) is 22.2.